The van der Waals surface area contributed by atoms with Crippen molar-refractivity contribution in [3.05, 3.63) is 46.8 Å². The van der Waals surface area contributed by atoms with Gasteiger partial charge in [0.1, 0.15) is 5.65 Å². The Bertz CT molecular complexity index is 1300. The van der Waals surface area contributed by atoms with E-state index in [4.69, 9.17) is 16.3 Å². The Hall–Kier alpha value is -3.31. The van der Waals surface area contributed by atoms with Crippen molar-refractivity contribution in [1.29, 1.82) is 0 Å². The van der Waals surface area contributed by atoms with Gasteiger partial charge in [0, 0.05) is 37.3 Å². The summed E-state index contributed by atoms with van der Waals surface area (Å²) in [6, 6.07) is 8.18. The van der Waals surface area contributed by atoms with Gasteiger partial charge in [0.2, 0.25) is 5.88 Å². The van der Waals surface area contributed by atoms with Gasteiger partial charge in [-0.3, -0.25) is 5.10 Å². The van der Waals surface area contributed by atoms with Crippen LogP contribution in [-0.2, 0) is 6.42 Å². The summed E-state index contributed by atoms with van der Waals surface area (Å²) in [5, 5.41) is 3.34. The molecule has 8 nitrogen and oxygen atoms in total. The molecule has 5 rings (SSSR count). The number of hydrogen-bond donors (Lipinski definition) is 1. The van der Waals surface area contributed by atoms with E-state index in [1.807, 2.05) is 19.2 Å². The third-order valence-corrected chi connectivity index (χ3v) is 8.44. The number of carbonyl (C=O) groups excluding carboxylic acids is 1. The zero-order valence-corrected chi connectivity index (χ0v) is 22.6. The Morgan fingerprint density at radius 1 is 1.11 bits per heavy atom. The van der Waals surface area contributed by atoms with Gasteiger partial charge in [-0.05, 0) is 56.9 Å². The molecule has 2 aliphatic rings. The van der Waals surface area contributed by atoms with Crippen molar-refractivity contribution in [2.75, 3.05) is 33.2 Å². The van der Waals surface area contributed by atoms with Gasteiger partial charge in [-0.25, -0.2) is 19.1 Å². The number of benzene rings is 1. The summed E-state index contributed by atoms with van der Waals surface area (Å²) in [5.41, 5.74) is 4.09. The van der Waals surface area contributed by atoms with Crippen molar-refractivity contribution in [2.24, 2.45) is 23.7 Å². The van der Waals surface area contributed by atoms with Crippen molar-refractivity contribution in [2.45, 2.75) is 47.0 Å². The zero-order chi connectivity index (χ0) is 26.3. The second kappa shape index (κ2) is 10.2. The smallest absolute Gasteiger partial charge is 0.402 e. The fourth-order valence-corrected chi connectivity index (χ4v) is 6.32. The molecule has 1 N–H and O–H groups in total. The molecule has 1 aromatic carbocycles. The van der Waals surface area contributed by atoms with Gasteiger partial charge in [-0.1, -0.05) is 50.6 Å². The van der Waals surface area contributed by atoms with Crippen LogP contribution in [0.3, 0.4) is 0 Å². The van der Waals surface area contributed by atoms with E-state index in [1.54, 1.807) is 9.42 Å². The quantitative estimate of drug-likeness (QED) is 0.458. The molecule has 1 aliphatic carbocycles. The minimum absolute atomic E-state index is 0.249. The Labute approximate surface area is 219 Å². The maximum absolute atomic E-state index is 13.2. The predicted octanol–water partition coefficient (Wildman–Crippen LogP) is 5.80. The number of carbonyl (C=O) groups is 1. The molecular formula is C29H38N6O2. The standard InChI is InChI=1S/C29H38N6O2/c1-18-7-9-22(10-8-18)26-31-27-24(17-23-20(3)15-19(2)16-21(23)4)25(30-5)28(35(27)32-26)37-29(36)34-13-11-33(6)12-14-34/h7-10,19-21,23H,11-17H2,1-4,6H3,(H,31,32). The summed E-state index contributed by atoms with van der Waals surface area (Å²) in [5.74, 6) is 3.22. The molecule has 0 spiro atoms. The molecule has 3 aromatic rings. The van der Waals surface area contributed by atoms with Crippen molar-refractivity contribution >= 4 is 17.4 Å². The van der Waals surface area contributed by atoms with Crippen molar-refractivity contribution in [3.8, 4) is 17.3 Å². The highest BCUT2D eigenvalue weighted by atomic mass is 16.6. The summed E-state index contributed by atoms with van der Waals surface area (Å²) < 4.78 is 7.69. The van der Waals surface area contributed by atoms with Gasteiger partial charge >= 0.3 is 6.09 Å². The van der Waals surface area contributed by atoms with Crippen molar-refractivity contribution in [1.82, 2.24) is 24.4 Å². The Morgan fingerprint density at radius 3 is 2.38 bits per heavy atom. The van der Waals surface area contributed by atoms with E-state index in [0.29, 0.717) is 53.9 Å². The molecule has 196 valence electrons. The number of piperazine rings is 1. The Morgan fingerprint density at radius 2 is 1.76 bits per heavy atom. The van der Waals surface area contributed by atoms with Crippen molar-refractivity contribution in [3.63, 3.8) is 0 Å². The molecule has 37 heavy (non-hydrogen) atoms. The topological polar surface area (TPSA) is 70.2 Å². The molecule has 1 aliphatic heterocycles. The maximum atomic E-state index is 13.2. The largest absolute Gasteiger partial charge is 0.415 e. The number of nitrogens with one attached hydrogen (secondary N) is 1. The number of hydrogen-bond acceptors (Lipinski definition) is 4. The number of aromatic amines is 1. The number of fused-ring (bicyclic) bond motifs is 1. The van der Waals surface area contributed by atoms with Gasteiger partial charge in [0.15, 0.2) is 5.82 Å². The predicted molar refractivity (Wildman–Crippen MR) is 145 cm³/mol. The second-order valence-electron chi connectivity index (χ2n) is 11.4. The van der Waals surface area contributed by atoms with Crippen LogP contribution < -0.4 is 4.74 Å². The first kappa shape index (κ1) is 25.3. The number of H-pyrrole nitrogens is 1. The van der Waals surface area contributed by atoms with Gasteiger partial charge < -0.3 is 14.5 Å². The number of likely N-dealkylation sites (N-methyl/N-ethyl adjacent to an activating group) is 1. The molecule has 2 unspecified atom stereocenters. The second-order valence-corrected chi connectivity index (χ2v) is 11.4. The van der Waals surface area contributed by atoms with Crippen LogP contribution in [0, 0.1) is 37.2 Å². The lowest BCUT2D eigenvalue weighted by atomic mass is 9.67. The van der Waals surface area contributed by atoms with Gasteiger partial charge in [-0.15, -0.1) is 0 Å². The van der Waals surface area contributed by atoms with E-state index in [1.165, 1.54) is 18.4 Å². The summed E-state index contributed by atoms with van der Waals surface area (Å²) in [6.45, 7) is 19.9. The average Bonchev–Trinajstić information content (AvgIpc) is 3.40. The first-order chi connectivity index (χ1) is 17.7. The summed E-state index contributed by atoms with van der Waals surface area (Å²) in [4.78, 5) is 25.9. The van der Waals surface area contributed by atoms with E-state index >= 15 is 0 Å². The molecule has 1 saturated heterocycles. The highest BCUT2D eigenvalue weighted by Gasteiger charge is 2.35. The number of ether oxygens (including phenoxy) is 1. The number of aryl methyl sites for hydroxylation is 1. The van der Waals surface area contributed by atoms with Crippen LogP contribution >= 0.6 is 0 Å². The van der Waals surface area contributed by atoms with E-state index in [9.17, 15) is 4.79 Å². The molecule has 2 atom stereocenters. The van der Waals surface area contributed by atoms with Crippen LogP contribution in [0.4, 0.5) is 10.5 Å². The van der Waals surface area contributed by atoms with Crippen LogP contribution in [0.15, 0.2) is 24.3 Å². The molecule has 0 bridgehead atoms. The molecule has 3 heterocycles. The normalized spacial score (nSPS) is 24.8. The summed E-state index contributed by atoms with van der Waals surface area (Å²) in [6.07, 6.45) is 2.73. The first-order valence-corrected chi connectivity index (χ1v) is 13.5. The molecule has 0 radical (unpaired) electrons. The minimum Gasteiger partial charge on any atom is -0.402 e. The lowest BCUT2D eigenvalue weighted by Crippen LogP contribution is -2.48. The van der Waals surface area contributed by atoms with Gasteiger partial charge in [-0.2, -0.15) is 0 Å². The van der Waals surface area contributed by atoms with Crippen LogP contribution in [0.25, 0.3) is 21.9 Å². The molecule has 1 amide bonds. The summed E-state index contributed by atoms with van der Waals surface area (Å²) in [7, 11) is 2.05. The van der Waals surface area contributed by atoms with E-state index < -0.39 is 6.09 Å². The minimum atomic E-state index is -0.413. The number of rotatable bonds is 4. The molecule has 8 heteroatoms. The lowest BCUT2D eigenvalue weighted by Gasteiger charge is -2.38. The monoisotopic (exact) mass is 502 g/mol. The highest BCUT2D eigenvalue weighted by Crippen LogP contribution is 2.45. The first-order valence-electron chi connectivity index (χ1n) is 13.5. The summed E-state index contributed by atoms with van der Waals surface area (Å²) >= 11 is 0. The zero-order valence-electron chi connectivity index (χ0n) is 22.6. The Balaban J connectivity index is 1.56. The van der Waals surface area contributed by atoms with Crippen molar-refractivity contribution < 1.29 is 9.53 Å². The molecule has 2 aromatic heterocycles. The molecular weight excluding hydrogens is 464 g/mol. The third kappa shape index (κ3) is 4.97. The molecule has 1 saturated carbocycles. The van der Waals surface area contributed by atoms with Crippen LogP contribution in [0.1, 0.15) is 44.7 Å². The fourth-order valence-electron chi connectivity index (χ4n) is 6.32. The fraction of sp³-hybridized carbons (Fsp3) is 0.552. The van der Waals surface area contributed by atoms with Crippen LogP contribution in [0.2, 0.25) is 0 Å². The van der Waals surface area contributed by atoms with Gasteiger partial charge in [0.05, 0.1) is 6.57 Å². The van der Waals surface area contributed by atoms with E-state index in [-0.39, 0.29) is 5.88 Å². The molecule has 2 fully saturated rings. The Kier molecular flexibility index (Phi) is 7.00. The highest BCUT2D eigenvalue weighted by molar-refractivity contribution is 5.80. The van der Waals surface area contributed by atoms with Crippen LogP contribution in [-0.4, -0.2) is 63.7 Å². The average molecular weight is 503 g/mol. The number of aromatic nitrogens is 3. The lowest BCUT2D eigenvalue weighted by molar-refractivity contribution is 0.119. The van der Waals surface area contributed by atoms with Crippen LogP contribution in [0.5, 0.6) is 5.88 Å². The number of nitrogens with zero attached hydrogens (tertiary/aromatic N) is 5. The number of amides is 1. The SMILES string of the molecule is [C-]#[N+]c1c(CC2C(C)CC(C)CC2C)c2nc(-c3ccc(C)cc3)[nH]n2c1OC(=O)N1CCN(C)CC1. The third-order valence-electron chi connectivity index (χ3n) is 8.44. The maximum Gasteiger partial charge on any atom is 0.415 e. The van der Waals surface area contributed by atoms with E-state index in [2.05, 4.69) is 54.7 Å². The van der Waals surface area contributed by atoms with E-state index in [0.717, 1.165) is 30.6 Å². The van der Waals surface area contributed by atoms with Gasteiger partial charge in [0.25, 0.3) is 5.69 Å².